The van der Waals surface area contributed by atoms with Crippen LogP contribution in [0, 0.1) is 11.3 Å². The Labute approximate surface area is 512 Å². The number of benzene rings is 8. The van der Waals surface area contributed by atoms with E-state index in [1.807, 2.05) is 48.5 Å². The molecule has 0 saturated carbocycles. The smallest absolute Gasteiger partial charge is 0.119 e. The standard InChI is InChI=1S/C47H55NO3Si.C30H25NOSi/c1-5-44(6-2)49-35-11-9-33-48(34-10-12-36-50-45(7-3)8-4)43-27-21-40(22-28-43)19-17-38-13-15-39(16-14-38)18-20-41-23-29-46(30-24-41)51-37-42-25-31-47(52)32-26-42;31-21-27-11-9-25(10-12-27)6-5-23-1-3-24(4-2-23)7-8-26-13-17-29(18-14-26)32-22-28-15-19-30(33)20-16-28/h5-8,13-32,44-45H,1-4,9-12,33-37H2,52H3;1-20H,22H2,33H3/b19-17+,20-18+;6-5+,8-7+. The van der Waals surface area contributed by atoms with Crippen LogP contribution < -0.4 is 24.7 Å². The quantitative estimate of drug-likeness (QED) is 0.0187. The van der Waals surface area contributed by atoms with Crippen LogP contribution in [0.3, 0.4) is 0 Å². The lowest BCUT2D eigenvalue weighted by Gasteiger charge is -2.25. The molecular weight excluding hydrogens is 1070 g/mol. The van der Waals surface area contributed by atoms with Gasteiger partial charge in [0.15, 0.2) is 0 Å². The number of anilines is 1. The minimum atomic E-state index is -0.0903. The normalized spacial score (nSPS) is 11.3. The molecule has 0 spiro atoms. The second-order valence-corrected chi connectivity index (χ2v) is 23.0. The monoisotopic (exact) mass is 1150 g/mol. The van der Waals surface area contributed by atoms with E-state index in [2.05, 4.69) is 231 Å². The first-order chi connectivity index (χ1) is 41.7. The molecule has 0 atom stereocenters. The van der Waals surface area contributed by atoms with Gasteiger partial charge in [0.25, 0.3) is 0 Å². The van der Waals surface area contributed by atoms with Crippen molar-refractivity contribution in [3.8, 4) is 17.6 Å². The zero-order valence-corrected chi connectivity index (χ0v) is 53.5. The zero-order valence-electron chi connectivity index (χ0n) is 49.5. The number of hydrogen-bond acceptors (Lipinski definition) is 6. The molecule has 0 heterocycles. The third kappa shape index (κ3) is 23.2. The Hall–Kier alpha value is -9.08. The van der Waals surface area contributed by atoms with Crippen molar-refractivity contribution < 1.29 is 18.9 Å². The summed E-state index contributed by atoms with van der Waals surface area (Å²) in [5.41, 5.74) is 13.4. The molecule has 0 aromatic heterocycles. The number of hydrogen-bond donors (Lipinski definition) is 0. The summed E-state index contributed by atoms with van der Waals surface area (Å²) in [6.07, 6.45) is 27.9. The maximum absolute atomic E-state index is 8.88. The highest BCUT2D eigenvalue weighted by atomic mass is 28.1. The van der Waals surface area contributed by atoms with Crippen LogP contribution in [0.4, 0.5) is 5.69 Å². The van der Waals surface area contributed by atoms with Crippen LogP contribution in [0.1, 0.15) is 86.9 Å². The first kappa shape index (κ1) is 63.5. The summed E-state index contributed by atoms with van der Waals surface area (Å²) in [6, 6.07) is 69.2. The van der Waals surface area contributed by atoms with Crippen LogP contribution in [-0.4, -0.2) is 59.0 Å². The molecule has 430 valence electrons. The lowest BCUT2D eigenvalue weighted by atomic mass is 10.1. The Morgan fingerprint density at radius 3 is 0.953 bits per heavy atom. The Kier molecular flexibility index (Phi) is 26.8. The lowest BCUT2D eigenvalue weighted by Crippen LogP contribution is -2.26. The van der Waals surface area contributed by atoms with Gasteiger partial charge in [-0.1, -0.05) is 229 Å². The second-order valence-electron chi connectivity index (χ2n) is 20.7. The Balaban J connectivity index is 0.000000268. The molecule has 6 nitrogen and oxygen atoms in total. The number of nitriles is 1. The number of ether oxygens (including phenoxy) is 4. The Bertz CT molecular complexity index is 3410. The Morgan fingerprint density at radius 2 is 0.659 bits per heavy atom. The molecule has 0 aliphatic rings. The van der Waals surface area contributed by atoms with Gasteiger partial charge in [-0.15, -0.1) is 26.3 Å². The van der Waals surface area contributed by atoms with Crippen molar-refractivity contribution in [2.24, 2.45) is 0 Å². The molecule has 0 N–H and O–H groups in total. The van der Waals surface area contributed by atoms with Crippen molar-refractivity contribution in [1.82, 2.24) is 0 Å². The zero-order chi connectivity index (χ0) is 59.7. The summed E-state index contributed by atoms with van der Waals surface area (Å²) in [4.78, 5) is 2.46. The maximum atomic E-state index is 8.88. The highest BCUT2D eigenvalue weighted by Gasteiger charge is 2.09. The van der Waals surface area contributed by atoms with Crippen LogP contribution in [0.15, 0.2) is 245 Å². The molecule has 0 fully saturated rings. The van der Waals surface area contributed by atoms with E-state index in [1.165, 1.54) is 32.8 Å². The first-order valence-corrected chi connectivity index (χ1v) is 31.3. The van der Waals surface area contributed by atoms with Crippen LogP contribution in [0.25, 0.3) is 48.6 Å². The predicted octanol–water partition coefficient (Wildman–Crippen LogP) is 14.9. The second kappa shape index (κ2) is 35.8. The van der Waals surface area contributed by atoms with Gasteiger partial charge >= 0.3 is 0 Å². The Morgan fingerprint density at radius 1 is 0.376 bits per heavy atom. The van der Waals surface area contributed by atoms with Crippen molar-refractivity contribution in [3.05, 3.63) is 306 Å². The fraction of sp³-hybridized carbons (Fsp3) is 0.156. The van der Waals surface area contributed by atoms with Gasteiger partial charge in [-0.25, -0.2) is 0 Å². The summed E-state index contributed by atoms with van der Waals surface area (Å²) in [5, 5.41) is 11.7. The molecular formula is C77H80N2O4Si2. The van der Waals surface area contributed by atoms with Gasteiger partial charge in [0, 0.05) is 52.5 Å². The molecule has 8 heteroatoms. The van der Waals surface area contributed by atoms with Gasteiger partial charge in [-0.3, -0.25) is 0 Å². The molecule has 85 heavy (non-hydrogen) atoms. The van der Waals surface area contributed by atoms with E-state index >= 15 is 0 Å². The molecule has 0 aliphatic carbocycles. The van der Waals surface area contributed by atoms with Crippen LogP contribution in [0.5, 0.6) is 11.5 Å². The van der Waals surface area contributed by atoms with Crippen LogP contribution in [0.2, 0.25) is 0 Å². The topological polar surface area (TPSA) is 64.0 Å². The first-order valence-electron chi connectivity index (χ1n) is 29.3. The average molecular weight is 1150 g/mol. The van der Waals surface area contributed by atoms with Crippen molar-refractivity contribution in [2.75, 3.05) is 31.2 Å². The predicted molar refractivity (Wildman–Crippen MR) is 371 cm³/mol. The fourth-order valence-electron chi connectivity index (χ4n) is 8.81. The highest BCUT2D eigenvalue weighted by molar-refractivity contribution is 6.32. The molecule has 8 aromatic carbocycles. The fourth-order valence-corrected chi connectivity index (χ4v) is 9.47. The van der Waals surface area contributed by atoms with Gasteiger partial charge < -0.3 is 23.8 Å². The molecule has 8 aromatic rings. The average Bonchev–Trinajstić information content (AvgIpc) is 3.56. The van der Waals surface area contributed by atoms with Crippen molar-refractivity contribution in [2.45, 2.75) is 51.1 Å². The molecule has 0 bridgehead atoms. The van der Waals surface area contributed by atoms with Crippen molar-refractivity contribution in [3.63, 3.8) is 0 Å². The summed E-state index contributed by atoms with van der Waals surface area (Å²) < 4.78 is 23.5. The van der Waals surface area contributed by atoms with E-state index in [-0.39, 0.29) is 12.2 Å². The van der Waals surface area contributed by atoms with E-state index in [9.17, 15) is 0 Å². The number of unbranched alkanes of at least 4 members (excludes halogenated alkanes) is 2. The molecule has 0 saturated heterocycles. The van der Waals surface area contributed by atoms with Gasteiger partial charge in [0.1, 0.15) is 24.7 Å². The summed E-state index contributed by atoms with van der Waals surface area (Å²) >= 11 is 0. The van der Waals surface area contributed by atoms with Gasteiger partial charge in [0.2, 0.25) is 0 Å². The van der Waals surface area contributed by atoms with Gasteiger partial charge in [-0.05, 0) is 130 Å². The molecule has 0 amide bonds. The summed E-state index contributed by atoms with van der Waals surface area (Å²) in [7, 11) is 2.15. The SMILES string of the molecule is C=CC(C=C)OCCCCN(CCCCOC(C=C)C=C)c1ccc(/C=C/c2ccc(/C=C/c3ccc(OCc4ccc([SiH3])cc4)cc3)cc2)cc1.N#Cc1ccc(/C=C/c2ccc(/C=C/c3ccc(OCc4ccc([SiH3])cc4)cc3)cc2)cc1. The molecule has 0 aliphatic heterocycles. The van der Waals surface area contributed by atoms with E-state index in [1.54, 1.807) is 24.3 Å². The van der Waals surface area contributed by atoms with E-state index in [0.29, 0.717) is 32.0 Å². The minimum Gasteiger partial charge on any atom is -0.489 e. The number of nitrogens with zero attached hydrogens (tertiary/aromatic N) is 2. The van der Waals surface area contributed by atoms with Crippen LogP contribution in [-0.2, 0) is 22.7 Å². The van der Waals surface area contributed by atoms with Gasteiger partial charge in [-0.2, -0.15) is 5.26 Å². The third-order valence-electron chi connectivity index (χ3n) is 14.1. The summed E-state index contributed by atoms with van der Waals surface area (Å²) in [5.74, 6) is 1.75. The van der Waals surface area contributed by atoms with Gasteiger partial charge in [0.05, 0.1) is 23.8 Å². The van der Waals surface area contributed by atoms with E-state index < -0.39 is 0 Å². The van der Waals surface area contributed by atoms with Crippen LogP contribution >= 0.6 is 0 Å². The van der Waals surface area contributed by atoms with E-state index in [0.717, 1.165) is 110 Å². The molecule has 0 radical (unpaired) electrons. The highest BCUT2D eigenvalue weighted by Crippen LogP contribution is 2.22. The largest absolute Gasteiger partial charge is 0.489 e. The summed E-state index contributed by atoms with van der Waals surface area (Å²) in [6.45, 7) is 19.7. The molecule has 8 rings (SSSR count). The number of rotatable bonds is 31. The van der Waals surface area contributed by atoms with E-state index in [4.69, 9.17) is 24.2 Å². The molecule has 0 unspecified atom stereocenters. The third-order valence-corrected chi connectivity index (χ3v) is 15.4. The van der Waals surface area contributed by atoms with Crippen molar-refractivity contribution >= 4 is 85.2 Å². The van der Waals surface area contributed by atoms with Crippen molar-refractivity contribution in [1.29, 1.82) is 5.26 Å². The minimum absolute atomic E-state index is 0.0903. The lowest BCUT2D eigenvalue weighted by molar-refractivity contribution is 0.112. The maximum Gasteiger partial charge on any atom is 0.119 e.